The fraction of sp³-hybridized carbons (Fsp3) is 0.455. The molecule has 0 fully saturated rings. The molecule has 0 amide bonds. The molecule has 0 bridgehead atoms. The lowest BCUT2D eigenvalue weighted by Gasteiger charge is -2.06. The van der Waals surface area contributed by atoms with Gasteiger partial charge in [-0.05, 0) is 30.4 Å². The number of alkyl halides is 1. The SMILES string of the molecule is CCc1cc([N+](=O)[O-])ccc1CCCCl. The number of hydrogen-bond acceptors (Lipinski definition) is 2. The first-order valence-electron chi connectivity index (χ1n) is 5.01. The van der Waals surface area contributed by atoms with Crippen molar-refractivity contribution in [2.24, 2.45) is 0 Å². The van der Waals surface area contributed by atoms with Crippen LogP contribution < -0.4 is 0 Å². The average Bonchev–Trinajstić information content (AvgIpc) is 2.25. The lowest BCUT2D eigenvalue weighted by Crippen LogP contribution is -1.96. The van der Waals surface area contributed by atoms with Crippen molar-refractivity contribution in [3.63, 3.8) is 0 Å². The van der Waals surface area contributed by atoms with Crippen LogP contribution in [0.5, 0.6) is 0 Å². The first kappa shape index (κ1) is 12.0. The average molecular weight is 228 g/mol. The van der Waals surface area contributed by atoms with Gasteiger partial charge in [-0.2, -0.15) is 0 Å². The zero-order valence-electron chi connectivity index (χ0n) is 8.70. The molecule has 0 radical (unpaired) electrons. The Morgan fingerprint density at radius 1 is 1.40 bits per heavy atom. The third-order valence-corrected chi connectivity index (χ3v) is 2.63. The van der Waals surface area contributed by atoms with Gasteiger partial charge in [0.05, 0.1) is 4.92 Å². The van der Waals surface area contributed by atoms with Crippen molar-refractivity contribution in [2.75, 3.05) is 5.88 Å². The van der Waals surface area contributed by atoms with Crippen LogP contribution in [-0.4, -0.2) is 10.8 Å². The van der Waals surface area contributed by atoms with Crippen molar-refractivity contribution in [3.05, 3.63) is 39.4 Å². The zero-order valence-corrected chi connectivity index (χ0v) is 9.46. The van der Waals surface area contributed by atoms with Crippen LogP contribution in [0, 0.1) is 10.1 Å². The van der Waals surface area contributed by atoms with E-state index in [-0.39, 0.29) is 10.6 Å². The molecule has 4 heteroatoms. The molecule has 82 valence electrons. The van der Waals surface area contributed by atoms with Gasteiger partial charge in [-0.3, -0.25) is 10.1 Å². The van der Waals surface area contributed by atoms with E-state index in [1.807, 2.05) is 13.0 Å². The summed E-state index contributed by atoms with van der Waals surface area (Å²) < 4.78 is 0. The molecule has 0 N–H and O–H groups in total. The molecule has 3 nitrogen and oxygen atoms in total. The third kappa shape index (κ3) is 3.20. The van der Waals surface area contributed by atoms with Crippen LogP contribution >= 0.6 is 11.6 Å². The van der Waals surface area contributed by atoms with Crippen LogP contribution in [0.3, 0.4) is 0 Å². The largest absolute Gasteiger partial charge is 0.269 e. The number of halogens is 1. The van der Waals surface area contributed by atoms with Crippen LogP contribution in [0.2, 0.25) is 0 Å². The van der Waals surface area contributed by atoms with E-state index in [1.165, 1.54) is 5.56 Å². The highest BCUT2D eigenvalue weighted by atomic mass is 35.5. The molecule has 0 spiro atoms. The van der Waals surface area contributed by atoms with E-state index >= 15 is 0 Å². The maximum atomic E-state index is 10.6. The van der Waals surface area contributed by atoms with E-state index in [2.05, 4.69) is 0 Å². The van der Waals surface area contributed by atoms with Gasteiger partial charge in [0.15, 0.2) is 0 Å². The van der Waals surface area contributed by atoms with Gasteiger partial charge >= 0.3 is 0 Å². The standard InChI is InChI=1S/C11H14ClNO2/c1-2-9-8-11(13(14)15)6-5-10(9)4-3-7-12/h5-6,8H,2-4,7H2,1H3. The molecule has 0 aliphatic heterocycles. The Labute approximate surface area is 94.2 Å². The predicted octanol–water partition coefficient (Wildman–Crippen LogP) is 3.33. The van der Waals surface area contributed by atoms with Crippen LogP contribution in [0.4, 0.5) is 5.69 Å². The van der Waals surface area contributed by atoms with Crippen molar-refractivity contribution in [3.8, 4) is 0 Å². The van der Waals surface area contributed by atoms with Gasteiger partial charge in [-0.1, -0.05) is 13.0 Å². The summed E-state index contributed by atoms with van der Waals surface area (Å²) >= 11 is 5.62. The molecule has 0 heterocycles. The Morgan fingerprint density at radius 2 is 2.13 bits per heavy atom. The van der Waals surface area contributed by atoms with Crippen LogP contribution in [0.15, 0.2) is 18.2 Å². The van der Waals surface area contributed by atoms with Gasteiger partial charge in [0, 0.05) is 18.0 Å². The molecular formula is C11H14ClNO2. The van der Waals surface area contributed by atoms with Crippen LogP contribution in [0.25, 0.3) is 0 Å². The summed E-state index contributed by atoms with van der Waals surface area (Å²) in [5.41, 5.74) is 2.39. The maximum absolute atomic E-state index is 10.6. The molecule has 0 aromatic heterocycles. The molecule has 1 aromatic carbocycles. The number of hydrogen-bond donors (Lipinski definition) is 0. The molecular weight excluding hydrogens is 214 g/mol. The number of benzene rings is 1. The van der Waals surface area contributed by atoms with Crippen molar-refractivity contribution in [2.45, 2.75) is 26.2 Å². The quantitative estimate of drug-likeness (QED) is 0.440. The number of non-ortho nitro benzene ring substituents is 1. The smallest absolute Gasteiger partial charge is 0.258 e. The Hall–Kier alpha value is -1.09. The van der Waals surface area contributed by atoms with E-state index in [1.54, 1.807) is 12.1 Å². The van der Waals surface area contributed by atoms with Crippen molar-refractivity contribution >= 4 is 17.3 Å². The zero-order chi connectivity index (χ0) is 11.3. The summed E-state index contributed by atoms with van der Waals surface area (Å²) in [5, 5.41) is 10.6. The van der Waals surface area contributed by atoms with Gasteiger partial charge < -0.3 is 0 Å². The molecule has 0 aliphatic rings. The normalized spacial score (nSPS) is 10.3. The predicted molar refractivity (Wildman–Crippen MR) is 61.5 cm³/mol. The maximum Gasteiger partial charge on any atom is 0.269 e. The Morgan fingerprint density at radius 3 is 2.67 bits per heavy atom. The second-order valence-corrected chi connectivity index (χ2v) is 3.73. The molecule has 1 aromatic rings. The summed E-state index contributed by atoms with van der Waals surface area (Å²) in [7, 11) is 0. The molecule has 1 rings (SSSR count). The van der Waals surface area contributed by atoms with Crippen molar-refractivity contribution in [1.29, 1.82) is 0 Å². The fourth-order valence-corrected chi connectivity index (χ4v) is 1.69. The molecule has 0 saturated heterocycles. The number of nitro groups is 1. The first-order chi connectivity index (χ1) is 7.19. The number of aryl methyl sites for hydroxylation is 2. The van der Waals surface area contributed by atoms with Crippen LogP contribution in [-0.2, 0) is 12.8 Å². The summed E-state index contributed by atoms with van der Waals surface area (Å²) in [6, 6.07) is 5.05. The van der Waals surface area contributed by atoms with Gasteiger partial charge in [-0.15, -0.1) is 11.6 Å². The monoisotopic (exact) mass is 227 g/mol. The third-order valence-electron chi connectivity index (χ3n) is 2.36. The topological polar surface area (TPSA) is 43.1 Å². The second-order valence-electron chi connectivity index (χ2n) is 3.36. The Balaban J connectivity index is 2.93. The highest BCUT2D eigenvalue weighted by Crippen LogP contribution is 2.19. The Bertz CT molecular complexity index is 352. The molecule has 0 unspecified atom stereocenters. The number of rotatable bonds is 5. The molecule has 15 heavy (non-hydrogen) atoms. The van der Waals surface area contributed by atoms with Gasteiger partial charge in [0.1, 0.15) is 0 Å². The van der Waals surface area contributed by atoms with E-state index < -0.39 is 0 Å². The highest BCUT2D eigenvalue weighted by Gasteiger charge is 2.08. The lowest BCUT2D eigenvalue weighted by molar-refractivity contribution is -0.384. The Kier molecular flexibility index (Phi) is 4.56. The fourth-order valence-electron chi connectivity index (χ4n) is 1.56. The summed E-state index contributed by atoms with van der Waals surface area (Å²) in [6.45, 7) is 2.00. The number of nitrogens with zero attached hydrogens (tertiary/aromatic N) is 1. The van der Waals surface area contributed by atoms with E-state index in [0.29, 0.717) is 5.88 Å². The van der Waals surface area contributed by atoms with Gasteiger partial charge in [0.2, 0.25) is 0 Å². The first-order valence-corrected chi connectivity index (χ1v) is 5.54. The summed E-state index contributed by atoms with van der Waals surface area (Å²) in [6.07, 6.45) is 2.62. The summed E-state index contributed by atoms with van der Waals surface area (Å²) in [5.74, 6) is 0.625. The minimum Gasteiger partial charge on any atom is -0.258 e. The van der Waals surface area contributed by atoms with E-state index in [0.717, 1.165) is 24.8 Å². The minimum atomic E-state index is -0.357. The van der Waals surface area contributed by atoms with E-state index in [4.69, 9.17) is 11.6 Å². The van der Waals surface area contributed by atoms with Crippen molar-refractivity contribution < 1.29 is 4.92 Å². The molecule has 0 aliphatic carbocycles. The second kappa shape index (κ2) is 5.71. The molecule has 0 saturated carbocycles. The number of nitro benzene ring substituents is 1. The van der Waals surface area contributed by atoms with Gasteiger partial charge in [0.25, 0.3) is 5.69 Å². The molecule has 0 atom stereocenters. The van der Waals surface area contributed by atoms with Crippen molar-refractivity contribution in [1.82, 2.24) is 0 Å². The van der Waals surface area contributed by atoms with E-state index in [9.17, 15) is 10.1 Å². The minimum absolute atomic E-state index is 0.168. The highest BCUT2D eigenvalue weighted by molar-refractivity contribution is 6.17. The summed E-state index contributed by atoms with van der Waals surface area (Å²) in [4.78, 5) is 10.2. The lowest BCUT2D eigenvalue weighted by atomic mass is 10.0. The van der Waals surface area contributed by atoms with Gasteiger partial charge in [-0.25, -0.2) is 0 Å². The van der Waals surface area contributed by atoms with Crippen LogP contribution in [0.1, 0.15) is 24.5 Å².